The molecule has 2 amide bonds. The smallest absolute Gasteiger partial charge is 0.254 e. The predicted molar refractivity (Wildman–Crippen MR) is 94.9 cm³/mol. The molecule has 2 rings (SSSR count). The molecule has 1 aliphatic rings. The molecule has 1 aliphatic heterocycles. The number of carbonyl (C=O) groups is 2. The number of likely N-dealkylation sites (N-methyl/N-ethyl adjacent to an activating group) is 1. The number of ether oxygens (including phenoxy) is 2. The van der Waals surface area contributed by atoms with Crippen LogP contribution in [0.2, 0.25) is 0 Å². The van der Waals surface area contributed by atoms with Crippen LogP contribution in [0.5, 0.6) is 5.75 Å². The van der Waals surface area contributed by atoms with Crippen molar-refractivity contribution in [1.82, 2.24) is 14.7 Å². The Bertz CT molecular complexity index is 583. The Balaban J connectivity index is 1.87. The molecule has 138 valence electrons. The lowest BCUT2D eigenvalue weighted by Gasteiger charge is -2.34. The lowest BCUT2D eigenvalue weighted by atomic mass is 10.1. The molecule has 1 aromatic carbocycles. The second-order valence-electron chi connectivity index (χ2n) is 6.23. The third kappa shape index (κ3) is 5.72. The Morgan fingerprint density at radius 1 is 1.12 bits per heavy atom. The van der Waals surface area contributed by atoms with E-state index in [1.807, 2.05) is 17.0 Å². The van der Waals surface area contributed by atoms with Gasteiger partial charge in [0, 0.05) is 52.9 Å². The molecule has 0 atom stereocenters. The van der Waals surface area contributed by atoms with Gasteiger partial charge in [0.2, 0.25) is 5.91 Å². The molecule has 0 spiro atoms. The fourth-order valence-corrected chi connectivity index (χ4v) is 2.59. The minimum Gasteiger partial charge on any atom is -0.491 e. The van der Waals surface area contributed by atoms with Gasteiger partial charge in [0.05, 0.1) is 13.2 Å². The fraction of sp³-hybridized carbons (Fsp3) is 0.556. The molecule has 1 aromatic rings. The van der Waals surface area contributed by atoms with E-state index in [-0.39, 0.29) is 11.8 Å². The van der Waals surface area contributed by atoms with Gasteiger partial charge in [-0.05, 0) is 18.2 Å². The molecule has 1 fully saturated rings. The van der Waals surface area contributed by atoms with Crippen LogP contribution in [-0.2, 0) is 9.53 Å². The Hall–Kier alpha value is -2.12. The molecule has 25 heavy (non-hydrogen) atoms. The Kier molecular flexibility index (Phi) is 7.21. The minimum absolute atomic E-state index is 0.00391. The molecule has 0 aliphatic carbocycles. The van der Waals surface area contributed by atoms with Gasteiger partial charge in [-0.15, -0.1) is 0 Å². The van der Waals surface area contributed by atoms with Gasteiger partial charge in [-0.3, -0.25) is 14.5 Å². The number of hydrogen-bond donors (Lipinski definition) is 0. The van der Waals surface area contributed by atoms with E-state index < -0.39 is 0 Å². The van der Waals surface area contributed by atoms with Gasteiger partial charge in [-0.2, -0.15) is 0 Å². The van der Waals surface area contributed by atoms with E-state index in [2.05, 4.69) is 4.90 Å². The van der Waals surface area contributed by atoms with Gasteiger partial charge < -0.3 is 19.3 Å². The van der Waals surface area contributed by atoms with Gasteiger partial charge in [0.25, 0.3) is 5.91 Å². The summed E-state index contributed by atoms with van der Waals surface area (Å²) in [4.78, 5) is 29.9. The predicted octanol–water partition coefficient (Wildman–Crippen LogP) is 0.558. The van der Waals surface area contributed by atoms with Crippen molar-refractivity contribution in [3.8, 4) is 5.75 Å². The van der Waals surface area contributed by atoms with Crippen LogP contribution in [0.1, 0.15) is 10.4 Å². The molecular weight excluding hydrogens is 322 g/mol. The van der Waals surface area contributed by atoms with Crippen molar-refractivity contribution in [2.24, 2.45) is 0 Å². The zero-order chi connectivity index (χ0) is 18.2. The van der Waals surface area contributed by atoms with Gasteiger partial charge in [0.15, 0.2) is 0 Å². The molecule has 0 N–H and O–H groups in total. The molecule has 0 radical (unpaired) electrons. The average Bonchev–Trinajstić information content (AvgIpc) is 2.62. The molecule has 0 bridgehead atoms. The van der Waals surface area contributed by atoms with Crippen molar-refractivity contribution >= 4 is 11.8 Å². The number of benzene rings is 1. The molecular formula is C18H27N3O4. The van der Waals surface area contributed by atoms with Crippen molar-refractivity contribution in [3.63, 3.8) is 0 Å². The van der Waals surface area contributed by atoms with E-state index >= 15 is 0 Å². The lowest BCUT2D eigenvalue weighted by Crippen LogP contribution is -2.51. The van der Waals surface area contributed by atoms with Crippen molar-refractivity contribution in [1.29, 1.82) is 0 Å². The van der Waals surface area contributed by atoms with Crippen LogP contribution in [-0.4, -0.2) is 93.7 Å². The third-order valence-corrected chi connectivity index (χ3v) is 4.15. The zero-order valence-corrected chi connectivity index (χ0v) is 15.2. The first kappa shape index (κ1) is 19.2. The summed E-state index contributed by atoms with van der Waals surface area (Å²) in [6.45, 7) is 4.00. The third-order valence-electron chi connectivity index (χ3n) is 4.15. The van der Waals surface area contributed by atoms with E-state index in [0.29, 0.717) is 57.3 Å². The summed E-state index contributed by atoms with van der Waals surface area (Å²) < 4.78 is 10.5. The summed E-state index contributed by atoms with van der Waals surface area (Å²) in [7, 11) is 5.13. The summed E-state index contributed by atoms with van der Waals surface area (Å²) in [5, 5.41) is 0. The highest BCUT2D eigenvalue weighted by Gasteiger charge is 2.23. The van der Waals surface area contributed by atoms with Crippen molar-refractivity contribution in [3.05, 3.63) is 29.8 Å². The maximum absolute atomic E-state index is 12.7. The number of amides is 2. The van der Waals surface area contributed by atoms with Gasteiger partial charge in [-0.1, -0.05) is 6.07 Å². The van der Waals surface area contributed by atoms with Crippen molar-refractivity contribution < 1.29 is 19.1 Å². The maximum Gasteiger partial charge on any atom is 0.254 e. The van der Waals surface area contributed by atoms with Crippen LogP contribution in [0.4, 0.5) is 0 Å². The summed E-state index contributed by atoms with van der Waals surface area (Å²) >= 11 is 0. The first-order valence-corrected chi connectivity index (χ1v) is 8.45. The van der Waals surface area contributed by atoms with E-state index in [0.717, 1.165) is 0 Å². The summed E-state index contributed by atoms with van der Waals surface area (Å²) in [6, 6.07) is 7.21. The fourth-order valence-electron chi connectivity index (χ4n) is 2.59. The topological polar surface area (TPSA) is 62.3 Å². The SMILES string of the molecule is COCCOc1cccc(C(=O)N2CCN(CC(=O)N(C)C)CC2)c1. The second kappa shape index (κ2) is 9.39. The first-order chi connectivity index (χ1) is 12.0. The van der Waals surface area contributed by atoms with Crippen molar-refractivity contribution in [2.75, 3.05) is 67.1 Å². The number of nitrogens with zero attached hydrogens (tertiary/aromatic N) is 3. The highest BCUT2D eigenvalue weighted by atomic mass is 16.5. The van der Waals surface area contributed by atoms with Crippen molar-refractivity contribution in [2.45, 2.75) is 0 Å². The van der Waals surface area contributed by atoms with E-state index in [4.69, 9.17) is 9.47 Å². The largest absolute Gasteiger partial charge is 0.491 e. The van der Waals surface area contributed by atoms with Crippen LogP contribution < -0.4 is 4.74 Å². The Morgan fingerprint density at radius 2 is 1.84 bits per heavy atom. The minimum atomic E-state index is -0.00391. The quantitative estimate of drug-likeness (QED) is 0.673. The molecule has 7 nitrogen and oxygen atoms in total. The summed E-state index contributed by atoms with van der Waals surface area (Å²) in [6.07, 6.45) is 0. The van der Waals surface area contributed by atoms with Crippen LogP contribution in [0.25, 0.3) is 0 Å². The van der Waals surface area contributed by atoms with E-state index in [9.17, 15) is 9.59 Å². The van der Waals surface area contributed by atoms with Crippen LogP contribution >= 0.6 is 0 Å². The van der Waals surface area contributed by atoms with Gasteiger partial charge in [-0.25, -0.2) is 0 Å². The molecule has 7 heteroatoms. The zero-order valence-electron chi connectivity index (χ0n) is 15.2. The molecule has 1 saturated heterocycles. The number of carbonyl (C=O) groups excluding carboxylic acids is 2. The number of methoxy groups -OCH3 is 1. The number of piperazine rings is 1. The van der Waals surface area contributed by atoms with E-state index in [1.165, 1.54) is 0 Å². The van der Waals surface area contributed by atoms with Crippen LogP contribution in [0, 0.1) is 0 Å². The Labute approximate surface area is 149 Å². The monoisotopic (exact) mass is 349 g/mol. The Morgan fingerprint density at radius 3 is 2.48 bits per heavy atom. The van der Waals surface area contributed by atoms with Gasteiger partial charge in [0.1, 0.15) is 12.4 Å². The average molecular weight is 349 g/mol. The standard InChI is InChI=1S/C18H27N3O4/c1-19(2)17(22)14-20-7-9-21(10-8-20)18(23)15-5-4-6-16(13-15)25-12-11-24-3/h4-6,13H,7-12,14H2,1-3H3. The lowest BCUT2D eigenvalue weighted by molar-refractivity contribution is -0.130. The number of hydrogen-bond acceptors (Lipinski definition) is 5. The normalized spacial score (nSPS) is 15.1. The molecule has 0 saturated carbocycles. The summed E-state index contributed by atoms with van der Waals surface area (Å²) in [5.41, 5.74) is 0.618. The molecule has 1 heterocycles. The molecule has 0 unspecified atom stereocenters. The van der Waals surface area contributed by atoms with Crippen LogP contribution in [0.15, 0.2) is 24.3 Å². The maximum atomic E-state index is 12.7. The van der Waals surface area contributed by atoms with Gasteiger partial charge >= 0.3 is 0 Å². The number of rotatable bonds is 7. The summed E-state index contributed by atoms with van der Waals surface area (Å²) in [5.74, 6) is 0.745. The van der Waals surface area contributed by atoms with Crippen LogP contribution in [0.3, 0.4) is 0 Å². The highest BCUT2D eigenvalue weighted by Crippen LogP contribution is 2.16. The second-order valence-corrected chi connectivity index (χ2v) is 6.23. The highest BCUT2D eigenvalue weighted by molar-refractivity contribution is 5.94. The first-order valence-electron chi connectivity index (χ1n) is 8.45. The molecule has 0 aromatic heterocycles. The van der Waals surface area contributed by atoms with E-state index in [1.54, 1.807) is 38.2 Å².